The van der Waals surface area contributed by atoms with Crippen LogP contribution in [0.1, 0.15) is 22.9 Å². The van der Waals surface area contributed by atoms with Gasteiger partial charge < -0.3 is 14.3 Å². The number of hydrogen-bond donors (Lipinski definition) is 1. The Labute approximate surface area is 276 Å². The van der Waals surface area contributed by atoms with E-state index >= 15 is 0 Å². The molecule has 10 rings (SSSR count). The maximum absolute atomic E-state index is 6.26. The number of amidine groups is 2. The molecule has 7 aromatic carbocycles. The minimum Gasteiger partial charge on any atom is -0.456 e. The van der Waals surface area contributed by atoms with Gasteiger partial charge in [0.05, 0.1) is 16.7 Å². The molecule has 9 aromatic rings. The smallest absolute Gasteiger partial charge is 0.169 e. The standard InChI is InChI=1S/C43H28N4O/c1-2-12-27(13-3-1)41-44-42(28-22-23-34-33-18-8-11-21-39(33)48-40(34)26-28)46-43(45-41)35-24-25-38(30-15-5-4-14-29(30)35)47-36-19-9-6-16-31(36)32-17-7-10-20-37(32)47/h1-26,42H,(H,44,45,46). The number of rotatable bonds is 4. The first kappa shape index (κ1) is 26.7. The second-order valence-corrected chi connectivity index (χ2v) is 12.2. The molecule has 2 aromatic heterocycles. The van der Waals surface area contributed by atoms with E-state index in [0.717, 1.165) is 66.8 Å². The summed E-state index contributed by atoms with van der Waals surface area (Å²) >= 11 is 0. The highest BCUT2D eigenvalue weighted by molar-refractivity contribution is 6.21. The predicted molar refractivity (Wildman–Crippen MR) is 197 cm³/mol. The quantitative estimate of drug-likeness (QED) is 0.214. The van der Waals surface area contributed by atoms with Crippen LogP contribution in [-0.4, -0.2) is 16.2 Å². The van der Waals surface area contributed by atoms with E-state index in [2.05, 4.69) is 131 Å². The zero-order chi connectivity index (χ0) is 31.6. The lowest BCUT2D eigenvalue weighted by Gasteiger charge is -2.23. The van der Waals surface area contributed by atoms with Gasteiger partial charge in [-0.15, -0.1) is 0 Å². The number of aliphatic imine (C=N–C) groups is 2. The number of fused-ring (bicyclic) bond motifs is 7. The Morgan fingerprint density at radius 3 is 1.85 bits per heavy atom. The van der Waals surface area contributed by atoms with Crippen molar-refractivity contribution in [2.45, 2.75) is 6.17 Å². The van der Waals surface area contributed by atoms with Gasteiger partial charge in [0.1, 0.15) is 22.8 Å². The van der Waals surface area contributed by atoms with Crippen LogP contribution in [0.15, 0.2) is 172 Å². The van der Waals surface area contributed by atoms with Crippen LogP contribution in [0.25, 0.3) is 60.2 Å². The van der Waals surface area contributed by atoms with Gasteiger partial charge in [-0.3, -0.25) is 0 Å². The predicted octanol–water partition coefficient (Wildman–Crippen LogP) is 10.3. The van der Waals surface area contributed by atoms with Crippen molar-refractivity contribution in [3.8, 4) is 5.69 Å². The second-order valence-electron chi connectivity index (χ2n) is 12.2. The maximum atomic E-state index is 6.26. The molecule has 0 amide bonds. The zero-order valence-electron chi connectivity index (χ0n) is 25.8. The molecule has 5 heteroatoms. The molecule has 1 N–H and O–H groups in total. The number of hydrogen-bond acceptors (Lipinski definition) is 4. The van der Waals surface area contributed by atoms with Gasteiger partial charge in [0, 0.05) is 43.6 Å². The summed E-state index contributed by atoms with van der Waals surface area (Å²) in [5.41, 5.74) is 8.21. The highest BCUT2D eigenvalue weighted by Gasteiger charge is 2.24. The fraction of sp³-hybridized carbons (Fsp3) is 0.0233. The van der Waals surface area contributed by atoms with E-state index in [9.17, 15) is 0 Å². The SMILES string of the molecule is c1ccc(C2=NC(c3ccc4c(c3)oc3ccccc34)N=C(c3ccc(-n4c5ccccc5c5ccccc54)c4ccccc34)N2)cc1. The van der Waals surface area contributed by atoms with E-state index in [1.807, 2.05) is 36.4 Å². The summed E-state index contributed by atoms with van der Waals surface area (Å²) in [4.78, 5) is 10.4. The van der Waals surface area contributed by atoms with Gasteiger partial charge in [-0.25, -0.2) is 9.98 Å². The van der Waals surface area contributed by atoms with E-state index in [4.69, 9.17) is 14.4 Å². The lowest BCUT2D eigenvalue weighted by atomic mass is 10.0. The van der Waals surface area contributed by atoms with E-state index in [1.54, 1.807) is 0 Å². The summed E-state index contributed by atoms with van der Waals surface area (Å²) in [7, 11) is 0. The van der Waals surface area contributed by atoms with Gasteiger partial charge in [-0.2, -0.15) is 0 Å². The molecule has 0 radical (unpaired) electrons. The number of nitrogens with zero attached hydrogens (tertiary/aromatic N) is 3. The van der Waals surface area contributed by atoms with Crippen molar-refractivity contribution in [3.63, 3.8) is 0 Å². The Bertz CT molecular complexity index is 2720. The van der Waals surface area contributed by atoms with Crippen molar-refractivity contribution >= 4 is 66.2 Å². The first-order valence-corrected chi connectivity index (χ1v) is 16.2. The van der Waals surface area contributed by atoms with Crippen LogP contribution in [0.4, 0.5) is 0 Å². The van der Waals surface area contributed by atoms with Gasteiger partial charge in [0.25, 0.3) is 0 Å². The molecule has 1 aliphatic heterocycles. The van der Waals surface area contributed by atoms with Gasteiger partial charge in [0.2, 0.25) is 0 Å². The molecule has 1 unspecified atom stereocenters. The van der Waals surface area contributed by atoms with Crippen molar-refractivity contribution in [3.05, 3.63) is 174 Å². The number of furan rings is 1. The summed E-state index contributed by atoms with van der Waals surface area (Å²) < 4.78 is 8.64. The van der Waals surface area contributed by atoms with E-state index in [1.165, 1.54) is 21.8 Å². The summed E-state index contributed by atoms with van der Waals surface area (Å²) in [6.07, 6.45) is -0.454. The average Bonchev–Trinajstić information content (AvgIpc) is 3.70. The third-order valence-corrected chi connectivity index (χ3v) is 9.46. The topological polar surface area (TPSA) is 54.8 Å². The van der Waals surface area contributed by atoms with Crippen molar-refractivity contribution in [1.29, 1.82) is 0 Å². The highest BCUT2D eigenvalue weighted by Crippen LogP contribution is 2.37. The molecular weight excluding hydrogens is 589 g/mol. The summed E-state index contributed by atoms with van der Waals surface area (Å²) in [6, 6.07) is 55.1. The van der Waals surface area contributed by atoms with Gasteiger partial charge in [-0.05, 0) is 41.8 Å². The van der Waals surface area contributed by atoms with Crippen LogP contribution < -0.4 is 5.32 Å². The molecule has 1 aliphatic rings. The van der Waals surface area contributed by atoms with Crippen molar-refractivity contribution in [2.75, 3.05) is 0 Å². The summed E-state index contributed by atoms with van der Waals surface area (Å²) in [6.45, 7) is 0. The normalized spacial score (nSPS) is 14.9. The molecular formula is C43H28N4O. The van der Waals surface area contributed by atoms with E-state index in [0.29, 0.717) is 0 Å². The molecule has 0 bridgehead atoms. The van der Waals surface area contributed by atoms with Crippen LogP contribution >= 0.6 is 0 Å². The van der Waals surface area contributed by atoms with E-state index < -0.39 is 6.17 Å². The third-order valence-electron chi connectivity index (χ3n) is 9.46. The Morgan fingerprint density at radius 2 is 1.08 bits per heavy atom. The Balaban J connectivity index is 1.16. The van der Waals surface area contributed by atoms with Crippen LogP contribution in [0.5, 0.6) is 0 Å². The molecule has 0 saturated heterocycles. The molecule has 0 fully saturated rings. The second kappa shape index (κ2) is 10.5. The molecule has 0 aliphatic carbocycles. The lowest BCUT2D eigenvalue weighted by molar-refractivity contribution is 0.665. The minimum absolute atomic E-state index is 0.454. The summed E-state index contributed by atoms with van der Waals surface area (Å²) in [5.74, 6) is 1.56. The van der Waals surface area contributed by atoms with Crippen LogP contribution in [0, 0.1) is 0 Å². The van der Waals surface area contributed by atoms with Crippen molar-refractivity contribution < 1.29 is 4.42 Å². The van der Waals surface area contributed by atoms with Crippen molar-refractivity contribution in [1.82, 2.24) is 9.88 Å². The van der Waals surface area contributed by atoms with Crippen LogP contribution in [-0.2, 0) is 0 Å². The lowest BCUT2D eigenvalue weighted by Crippen LogP contribution is -2.36. The fourth-order valence-corrected chi connectivity index (χ4v) is 7.25. The monoisotopic (exact) mass is 616 g/mol. The fourth-order valence-electron chi connectivity index (χ4n) is 7.25. The zero-order valence-corrected chi connectivity index (χ0v) is 25.8. The van der Waals surface area contributed by atoms with Gasteiger partial charge in [0.15, 0.2) is 6.17 Å². The Hall–Kier alpha value is -6.46. The molecule has 0 spiro atoms. The molecule has 5 nitrogen and oxygen atoms in total. The Morgan fingerprint density at radius 1 is 0.479 bits per heavy atom. The number of benzene rings is 7. The maximum Gasteiger partial charge on any atom is 0.169 e. The van der Waals surface area contributed by atoms with Crippen molar-refractivity contribution in [2.24, 2.45) is 9.98 Å². The number of nitrogens with one attached hydrogen (secondary N) is 1. The first-order chi connectivity index (χ1) is 23.8. The molecule has 226 valence electrons. The van der Waals surface area contributed by atoms with Gasteiger partial charge in [-0.1, -0.05) is 121 Å². The average molecular weight is 617 g/mol. The van der Waals surface area contributed by atoms with E-state index in [-0.39, 0.29) is 0 Å². The first-order valence-electron chi connectivity index (χ1n) is 16.2. The third kappa shape index (κ3) is 4.11. The number of aromatic nitrogens is 1. The molecule has 3 heterocycles. The van der Waals surface area contributed by atoms with Crippen LogP contribution in [0.3, 0.4) is 0 Å². The highest BCUT2D eigenvalue weighted by atomic mass is 16.3. The largest absolute Gasteiger partial charge is 0.456 e. The summed E-state index contributed by atoms with van der Waals surface area (Å²) in [5, 5.41) is 10.6. The number of para-hydroxylation sites is 3. The molecule has 48 heavy (non-hydrogen) atoms. The minimum atomic E-state index is -0.454. The van der Waals surface area contributed by atoms with Gasteiger partial charge >= 0.3 is 0 Å². The van der Waals surface area contributed by atoms with Crippen LogP contribution in [0.2, 0.25) is 0 Å². The molecule has 1 atom stereocenters. The molecule has 0 saturated carbocycles. The Kier molecular flexibility index (Phi) is 5.87.